The molecule has 2 aromatic carbocycles. The largest absolute Gasteiger partial charge is 0.508 e. The first-order valence-electron chi connectivity index (χ1n) is 10.2. The fraction of sp³-hybridized carbons (Fsp3) is 0.500. The third-order valence-corrected chi connectivity index (χ3v) is 6.92. The number of aliphatic hydroxyl groups is 1. The number of piperidine rings is 1. The Balaban J connectivity index is 1.78. The van der Waals surface area contributed by atoms with E-state index in [1.54, 1.807) is 0 Å². The molecule has 4 rings (SSSR count). The van der Waals surface area contributed by atoms with Gasteiger partial charge in [-0.15, -0.1) is 0 Å². The number of nitrogens with zero attached hydrogens (tertiary/aromatic N) is 1. The second kappa shape index (κ2) is 6.65. The molecule has 3 heteroatoms. The van der Waals surface area contributed by atoms with Crippen molar-refractivity contribution in [2.75, 3.05) is 13.1 Å². The van der Waals surface area contributed by atoms with Crippen molar-refractivity contribution in [3.05, 3.63) is 65.2 Å². The highest BCUT2D eigenvalue weighted by molar-refractivity contribution is 5.51. The Morgan fingerprint density at radius 1 is 1.15 bits per heavy atom. The summed E-state index contributed by atoms with van der Waals surface area (Å²) in [5.41, 5.74) is 3.34. The molecule has 0 aromatic heterocycles. The third-order valence-electron chi connectivity index (χ3n) is 6.92. The molecule has 2 aromatic rings. The van der Waals surface area contributed by atoms with Crippen molar-refractivity contribution >= 4 is 0 Å². The minimum absolute atomic E-state index is 0.0521. The van der Waals surface area contributed by atoms with E-state index in [0.29, 0.717) is 17.7 Å². The Morgan fingerprint density at radius 2 is 1.89 bits per heavy atom. The van der Waals surface area contributed by atoms with E-state index in [1.165, 1.54) is 16.7 Å². The molecule has 1 heterocycles. The zero-order valence-corrected chi connectivity index (χ0v) is 16.7. The van der Waals surface area contributed by atoms with Crippen LogP contribution < -0.4 is 0 Å². The van der Waals surface area contributed by atoms with Crippen molar-refractivity contribution in [3.8, 4) is 5.75 Å². The smallest absolute Gasteiger partial charge is 0.115 e. The Labute approximate surface area is 162 Å². The number of benzene rings is 2. The average molecular weight is 366 g/mol. The van der Waals surface area contributed by atoms with Gasteiger partial charge in [0.25, 0.3) is 0 Å². The predicted molar refractivity (Wildman–Crippen MR) is 109 cm³/mol. The van der Waals surface area contributed by atoms with Crippen LogP contribution in [0, 0.1) is 5.92 Å². The highest BCUT2D eigenvalue weighted by Gasteiger charge is 2.52. The van der Waals surface area contributed by atoms with Gasteiger partial charge in [-0.3, -0.25) is 4.90 Å². The Hall–Kier alpha value is -1.84. The van der Waals surface area contributed by atoms with Crippen molar-refractivity contribution < 1.29 is 10.2 Å². The van der Waals surface area contributed by atoms with Crippen LogP contribution in [0.3, 0.4) is 0 Å². The highest BCUT2D eigenvalue weighted by atomic mass is 16.3. The van der Waals surface area contributed by atoms with Crippen LogP contribution in [0.4, 0.5) is 0 Å². The van der Waals surface area contributed by atoms with Crippen molar-refractivity contribution in [1.29, 1.82) is 0 Å². The van der Waals surface area contributed by atoms with Gasteiger partial charge in [0.1, 0.15) is 5.75 Å². The second-order valence-electron chi connectivity index (χ2n) is 9.09. The van der Waals surface area contributed by atoms with Gasteiger partial charge in [0.15, 0.2) is 0 Å². The Morgan fingerprint density at radius 3 is 2.59 bits per heavy atom. The molecule has 2 unspecified atom stereocenters. The van der Waals surface area contributed by atoms with Crippen LogP contribution >= 0.6 is 0 Å². The van der Waals surface area contributed by atoms with Gasteiger partial charge >= 0.3 is 0 Å². The SMILES string of the molecule is C[C@@H]1C2Cc3ccc(O)cc3C1(c1ccccc1)CCN2CCC(C)(C)O. The summed E-state index contributed by atoms with van der Waals surface area (Å²) < 4.78 is 0. The maximum absolute atomic E-state index is 10.2. The number of rotatable bonds is 4. The lowest BCUT2D eigenvalue weighted by Crippen LogP contribution is -2.59. The molecule has 1 aliphatic heterocycles. The van der Waals surface area contributed by atoms with Gasteiger partial charge in [-0.05, 0) is 74.4 Å². The maximum atomic E-state index is 10.2. The number of phenolic OH excluding ortho intramolecular Hbond substituents is 1. The summed E-state index contributed by atoms with van der Waals surface area (Å²) in [5, 5.41) is 20.4. The van der Waals surface area contributed by atoms with Crippen LogP contribution in [0.25, 0.3) is 0 Å². The lowest BCUT2D eigenvalue weighted by atomic mass is 9.55. The maximum Gasteiger partial charge on any atom is 0.115 e. The van der Waals surface area contributed by atoms with Gasteiger partial charge in [0.2, 0.25) is 0 Å². The molecule has 3 nitrogen and oxygen atoms in total. The summed E-state index contributed by atoms with van der Waals surface area (Å²) in [6, 6.07) is 17.2. The van der Waals surface area contributed by atoms with E-state index < -0.39 is 5.60 Å². The monoisotopic (exact) mass is 365 g/mol. The fourth-order valence-corrected chi connectivity index (χ4v) is 5.42. The van der Waals surface area contributed by atoms with Gasteiger partial charge < -0.3 is 10.2 Å². The molecule has 2 aliphatic rings. The normalized spacial score (nSPS) is 28.0. The predicted octanol–water partition coefficient (Wildman–Crippen LogP) is 4.11. The molecule has 1 aliphatic carbocycles. The molecule has 0 saturated carbocycles. The third kappa shape index (κ3) is 3.17. The van der Waals surface area contributed by atoms with E-state index >= 15 is 0 Å². The van der Waals surface area contributed by atoms with Crippen LogP contribution in [0.2, 0.25) is 0 Å². The quantitative estimate of drug-likeness (QED) is 0.857. The lowest BCUT2D eigenvalue weighted by Gasteiger charge is -2.56. The van der Waals surface area contributed by atoms with Crippen molar-refractivity contribution in [2.45, 2.75) is 57.1 Å². The molecular weight excluding hydrogens is 334 g/mol. The van der Waals surface area contributed by atoms with E-state index in [9.17, 15) is 10.2 Å². The number of likely N-dealkylation sites (tertiary alicyclic amines) is 1. The molecule has 27 heavy (non-hydrogen) atoms. The van der Waals surface area contributed by atoms with Crippen LogP contribution in [0.5, 0.6) is 5.75 Å². The van der Waals surface area contributed by atoms with Gasteiger partial charge in [-0.2, -0.15) is 0 Å². The van der Waals surface area contributed by atoms with Gasteiger partial charge in [0, 0.05) is 18.0 Å². The van der Waals surface area contributed by atoms with Crippen molar-refractivity contribution in [1.82, 2.24) is 4.90 Å². The van der Waals surface area contributed by atoms with E-state index in [2.05, 4.69) is 48.2 Å². The van der Waals surface area contributed by atoms with Gasteiger partial charge in [-0.25, -0.2) is 0 Å². The van der Waals surface area contributed by atoms with Gasteiger partial charge in [0.05, 0.1) is 5.60 Å². The van der Waals surface area contributed by atoms with E-state index in [4.69, 9.17) is 0 Å². The van der Waals surface area contributed by atoms with Crippen molar-refractivity contribution in [2.24, 2.45) is 5.92 Å². The molecule has 144 valence electrons. The van der Waals surface area contributed by atoms with Crippen LogP contribution in [0.15, 0.2) is 48.5 Å². The van der Waals surface area contributed by atoms with Crippen molar-refractivity contribution in [3.63, 3.8) is 0 Å². The van der Waals surface area contributed by atoms with Crippen LogP contribution in [-0.4, -0.2) is 39.8 Å². The highest BCUT2D eigenvalue weighted by Crippen LogP contribution is 2.53. The minimum Gasteiger partial charge on any atom is -0.508 e. The van der Waals surface area contributed by atoms with E-state index in [-0.39, 0.29) is 5.41 Å². The zero-order valence-electron chi connectivity index (χ0n) is 16.7. The zero-order chi connectivity index (χ0) is 19.2. The first-order valence-corrected chi connectivity index (χ1v) is 10.2. The molecule has 2 bridgehead atoms. The number of phenols is 1. The molecule has 1 fully saturated rings. The van der Waals surface area contributed by atoms with E-state index in [0.717, 1.165) is 32.4 Å². The number of aromatic hydroxyl groups is 1. The summed E-state index contributed by atoms with van der Waals surface area (Å²) in [5.74, 6) is 0.809. The molecule has 0 amide bonds. The lowest BCUT2D eigenvalue weighted by molar-refractivity contribution is 0.00953. The molecule has 3 atom stereocenters. The van der Waals surface area contributed by atoms with Crippen LogP contribution in [-0.2, 0) is 11.8 Å². The first-order chi connectivity index (χ1) is 12.8. The summed E-state index contributed by atoms with van der Waals surface area (Å²) in [6.07, 6.45) is 2.84. The molecule has 0 radical (unpaired) electrons. The summed E-state index contributed by atoms with van der Waals surface area (Å²) in [6.45, 7) is 8.12. The molecule has 1 saturated heterocycles. The van der Waals surface area contributed by atoms with Gasteiger partial charge in [-0.1, -0.05) is 43.3 Å². The number of fused-ring (bicyclic) bond motifs is 4. The molecule has 2 N–H and O–H groups in total. The minimum atomic E-state index is -0.629. The Kier molecular flexibility index (Phi) is 4.56. The second-order valence-corrected chi connectivity index (χ2v) is 9.09. The standard InChI is InChI=1S/C24H31NO2/c1-17-22-15-18-9-10-20(26)16-21(18)24(17,19-7-5-4-6-8-19)12-14-25(22)13-11-23(2,3)27/h4-10,16-17,22,26-27H,11-15H2,1-3H3/t17-,22?,24?/m1/s1. The number of hydrogen-bond acceptors (Lipinski definition) is 3. The summed E-state index contributed by atoms with van der Waals surface area (Å²) in [7, 11) is 0. The average Bonchev–Trinajstić information content (AvgIpc) is 2.62. The molecule has 0 spiro atoms. The molecular formula is C24H31NO2. The topological polar surface area (TPSA) is 43.7 Å². The summed E-state index contributed by atoms with van der Waals surface area (Å²) >= 11 is 0. The first kappa shape index (κ1) is 18.5. The number of hydrogen-bond donors (Lipinski definition) is 2. The van der Waals surface area contributed by atoms with E-state index in [1.807, 2.05) is 26.0 Å². The fourth-order valence-electron chi connectivity index (χ4n) is 5.42. The Bertz CT molecular complexity index is 811. The summed E-state index contributed by atoms with van der Waals surface area (Å²) in [4.78, 5) is 2.58. The van der Waals surface area contributed by atoms with Crippen LogP contribution in [0.1, 0.15) is 50.3 Å².